The molecule has 6 heteroatoms. The van der Waals surface area contributed by atoms with Crippen molar-refractivity contribution in [1.29, 1.82) is 0 Å². The summed E-state index contributed by atoms with van der Waals surface area (Å²) in [4.78, 5) is 10.0. The zero-order valence-corrected chi connectivity index (χ0v) is 10.3. The molecule has 0 saturated carbocycles. The van der Waals surface area contributed by atoms with Crippen molar-refractivity contribution in [2.24, 2.45) is 0 Å². The maximum Gasteiger partial charge on any atom is 0.269 e. The Morgan fingerprint density at radius 2 is 1.83 bits per heavy atom. The minimum atomic E-state index is -0.694. The SMILES string of the molecule is CC(CO)(CO)NCCc1ccc([N+](=O)[O-])cc1. The molecule has 0 spiro atoms. The third-order valence-corrected chi connectivity index (χ3v) is 2.81. The lowest BCUT2D eigenvalue weighted by atomic mass is 10.0. The number of hydrogen-bond donors (Lipinski definition) is 3. The second kappa shape index (κ2) is 6.44. The van der Waals surface area contributed by atoms with Crippen molar-refractivity contribution in [3.63, 3.8) is 0 Å². The van der Waals surface area contributed by atoms with Crippen LogP contribution in [0.2, 0.25) is 0 Å². The molecule has 0 amide bonds. The molecule has 0 fully saturated rings. The summed E-state index contributed by atoms with van der Waals surface area (Å²) in [5.74, 6) is 0. The highest BCUT2D eigenvalue weighted by Gasteiger charge is 2.20. The predicted molar refractivity (Wildman–Crippen MR) is 67.4 cm³/mol. The number of nitro benzene ring substituents is 1. The lowest BCUT2D eigenvalue weighted by Gasteiger charge is -2.26. The standard InChI is InChI=1S/C12H18N2O4/c1-12(8-15,9-16)13-7-6-10-2-4-11(5-3-10)14(17)18/h2-5,13,15-16H,6-9H2,1H3. The first-order chi connectivity index (χ1) is 8.50. The van der Waals surface area contributed by atoms with Gasteiger partial charge in [0.2, 0.25) is 0 Å². The van der Waals surface area contributed by atoms with Crippen LogP contribution in [-0.4, -0.2) is 40.4 Å². The van der Waals surface area contributed by atoms with Crippen LogP contribution in [0.15, 0.2) is 24.3 Å². The Balaban J connectivity index is 2.47. The van der Waals surface area contributed by atoms with Gasteiger partial charge in [0.1, 0.15) is 0 Å². The maximum absolute atomic E-state index is 10.5. The van der Waals surface area contributed by atoms with E-state index in [0.717, 1.165) is 5.56 Å². The Morgan fingerprint density at radius 1 is 1.28 bits per heavy atom. The van der Waals surface area contributed by atoms with Crippen LogP contribution < -0.4 is 5.32 Å². The Kier molecular flexibility index (Phi) is 5.21. The first-order valence-corrected chi connectivity index (χ1v) is 5.71. The Hall–Kier alpha value is -1.50. The molecule has 1 aromatic rings. The van der Waals surface area contributed by atoms with E-state index in [4.69, 9.17) is 10.2 Å². The van der Waals surface area contributed by atoms with Crippen LogP contribution in [0.4, 0.5) is 5.69 Å². The first kappa shape index (κ1) is 14.6. The molecule has 0 bridgehead atoms. The van der Waals surface area contributed by atoms with E-state index in [-0.39, 0.29) is 18.9 Å². The Bertz CT molecular complexity index is 388. The van der Waals surface area contributed by atoms with Gasteiger partial charge in [-0.05, 0) is 25.5 Å². The van der Waals surface area contributed by atoms with Gasteiger partial charge in [-0.2, -0.15) is 0 Å². The van der Waals surface area contributed by atoms with Gasteiger partial charge in [0, 0.05) is 12.1 Å². The van der Waals surface area contributed by atoms with E-state index in [2.05, 4.69) is 5.32 Å². The van der Waals surface area contributed by atoms with Crippen LogP contribution in [0.5, 0.6) is 0 Å². The second-order valence-electron chi connectivity index (χ2n) is 4.48. The molecule has 0 atom stereocenters. The number of aliphatic hydroxyl groups excluding tert-OH is 2. The highest BCUT2D eigenvalue weighted by Crippen LogP contribution is 2.12. The Labute approximate surface area is 105 Å². The van der Waals surface area contributed by atoms with E-state index in [1.54, 1.807) is 19.1 Å². The number of nitro groups is 1. The zero-order valence-electron chi connectivity index (χ0n) is 10.3. The monoisotopic (exact) mass is 254 g/mol. The third kappa shape index (κ3) is 4.06. The summed E-state index contributed by atoms with van der Waals surface area (Å²) in [6, 6.07) is 6.34. The van der Waals surface area contributed by atoms with Crippen molar-refractivity contribution in [1.82, 2.24) is 5.32 Å². The first-order valence-electron chi connectivity index (χ1n) is 5.71. The van der Waals surface area contributed by atoms with Crippen molar-refractivity contribution >= 4 is 5.69 Å². The van der Waals surface area contributed by atoms with Crippen LogP contribution in [0.1, 0.15) is 12.5 Å². The normalized spacial score (nSPS) is 11.5. The molecule has 0 saturated heterocycles. The molecular weight excluding hydrogens is 236 g/mol. The van der Waals surface area contributed by atoms with E-state index < -0.39 is 10.5 Å². The molecule has 1 rings (SSSR count). The van der Waals surface area contributed by atoms with E-state index >= 15 is 0 Å². The molecule has 0 aliphatic heterocycles. The number of non-ortho nitro benzene ring substituents is 1. The van der Waals surface area contributed by atoms with Gasteiger partial charge >= 0.3 is 0 Å². The molecule has 0 unspecified atom stereocenters. The highest BCUT2D eigenvalue weighted by atomic mass is 16.6. The molecule has 0 radical (unpaired) electrons. The lowest BCUT2D eigenvalue weighted by molar-refractivity contribution is -0.384. The van der Waals surface area contributed by atoms with Crippen molar-refractivity contribution in [2.75, 3.05) is 19.8 Å². The van der Waals surface area contributed by atoms with Crippen molar-refractivity contribution in [3.8, 4) is 0 Å². The van der Waals surface area contributed by atoms with Crippen molar-refractivity contribution in [2.45, 2.75) is 18.9 Å². The highest BCUT2D eigenvalue weighted by molar-refractivity contribution is 5.32. The Morgan fingerprint density at radius 3 is 2.28 bits per heavy atom. The van der Waals surface area contributed by atoms with Gasteiger partial charge in [0.05, 0.1) is 23.7 Å². The van der Waals surface area contributed by atoms with Gasteiger partial charge in [-0.15, -0.1) is 0 Å². The largest absolute Gasteiger partial charge is 0.394 e. The number of hydrogen-bond acceptors (Lipinski definition) is 5. The van der Waals surface area contributed by atoms with E-state index in [0.29, 0.717) is 13.0 Å². The van der Waals surface area contributed by atoms with Crippen LogP contribution in [0.25, 0.3) is 0 Å². The summed E-state index contributed by atoms with van der Waals surface area (Å²) in [7, 11) is 0. The predicted octanol–water partition coefficient (Wildman–Crippen LogP) is 0.470. The van der Waals surface area contributed by atoms with Crippen LogP contribution in [-0.2, 0) is 6.42 Å². The molecule has 0 aliphatic carbocycles. The van der Waals surface area contributed by atoms with Crippen LogP contribution in [0, 0.1) is 10.1 Å². The summed E-state index contributed by atoms with van der Waals surface area (Å²) < 4.78 is 0. The summed E-state index contributed by atoms with van der Waals surface area (Å²) in [5.41, 5.74) is 0.342. The molecule has 18 heavy (non-hydrogen) atoms. The van der Waals surface area contributed by atoms with Crippen LogP contribution in [0.3, 0.4) is 0 Å². The zero-order chi connectivity index (χ0) is 13.6. The van der Waals surface area contributed by atoms with Gasteiger partial charge in [0.25, 0.3) is 5.69 Å². The van der Waals surface area contributed by atoms with Gasteiger partial charge in [-0.3, -0.25) is 10.1 Å². The topological polar surface area (TPSA) is 95.6 Å². The smallest absolute Gasteiger partial charge is 0.269 e. The quantitative estimate of drug-likeness (QED) is 0.485. The average Bonchev–Trinajstić information content (AvgIpc) is 2.39. The maximum atomic E-state index is 10.5. The number of benzene rings is 1. The fourth-order valence-corrected chi connectivity index (χ4v) is 1.45. The summed E-state index contributed by atoms with van der Waals surface area (Å²) >= 11 is 0. The van der Waals surface area contributed by atoms with Gasteiger partial charge in [-0.1, -0.05) is 12.1 Å². The summed E-state index contributed by atoms with van der Waals surface area (Å²) in [6.07, 6.45) is 0.674. The second-order valence-corrected chi connectivity index (χ2v) is 4.48. The van der Waals surface area contributed by atoms with E-state index in [9.17, 15) is 10.1 Å². The van der Waals surface area contributed by atoms with Crippen molar-refractivity contribution in [3.05, 3.63) is 39.9 Å². The molecule has 6 nitrogen and oxygen atoms in total. The molecule has 0 aromatic heterocycles. The minimum Gasteiger partial charge on any atom is -0.394 e. The number of nitrogens with zero attached hydrogens (tertiary/aromatic N) is 1. The van der Waals surface area contributed by atoms with E-state index in [1.165, 1.54) is 12.1 Å². The number of aliphatic hydroxyl groups is 2. The minimum absolute atomic E-state index is 0.0715. The average molecular weight is 254 g/mol. The van der Waals surface area contributed by atoms with Crippen molar-refractivity contribution < 1.29 is 15.1 Å². The number of rotatable bonds is 7. The molecule has 100 valence electrons. The molecule has 0 heterocycles. The lowest BCUT2D eigenvalue weighted by Crippen LogP contribution is -2.49. The fourth-order valence-electron chi connectivity index (χ4n) is 1.45. The van der Waals surface area contributed by atoms with Gasteiger partial charge < -0.3 is 15.5 Å². The summed E-state index contributed by atoms with van der Waals surface area (Å²) in [5, 5.41) is 31.7. The van der Waals surface area contributed by atoms with Crippen LogP contribution >= 0.6 is 0 Å². The number of nitrogens with one attached hydrogen (secondary N) is 1. The summed E-state index contributed by atoms with van der Waals surface area (Å²) in [6.45, 7) is 2.01. The fraction of sp³-hybridized carbons (Fsp3) is 0.500. The molecule has 3 N–H and O–H groups in total. The third-order valence-electron chi connectivity index (χ3n) is 2.81. The molecule has 0 aliphatic rings. The van der Waals surface area contributed by atoms with Gasteiger partial charge in [0.15, 0.2) is 0 Å². The van der Waals surface area contributed by atoms with E-state index in [1.807, 2.05) is 0 Å². The molecular formula is C12H18N2O4. The van der Waals surface area contributed by atoms with Gasteiger partial charge in [-0.25, -0.2) is 0 Å². The molecule has 1 aromatic carbocycles.